The molecule has 4 nitrogen and oxygen atoms in total. The van der Waals surface area contributed by atoms with Crippen molar-refractivity contribution < 1.29 is 18.3 Å². The SMILES string of the molecule is Cc1cccc(OC(F)F)c1NC(=O)C1CCNC1. The van der Waals surface area contributed by atoms with Gasteiger partial charge in [-0.05, 0) is 31.5 Å². The molecule has 1 aromatic carbocycles. The molecule has 19 heavy (non-hydrogen) atoms. The standard InChI is InChI=1S/C13H16F2N2O2/c1-8-3-2-4-10(19-13(14)15)11(8)17-12(18)9-5-6-16-7-9/h2-4,9,13,16H,5-7H2,1H3,(H,17,18). The lowest BCUT2D eigenvalue weighted by Crippen LogP contribution is -2.25. The number of halogens is 2. The molecule has 104 valence electrons. The lowest BCUT2D eigenvalue weighted by molar-refractivity contribution is -0.119. The van der Waals surface area contributed by atoms with E-state index in [1.165, 1.54) is 6.07 Å². The molecule has 1 atom stereocenters. The minimum absolute atomic E-state index is 0.00527. The summed E-state index contributed by atoms with van der Waals surface area (Å²) in [5, 5.41) is 5.78. The van der Waals surface area contributed by atoms with Crippen LogP contribution in [-0.2, 0) is 4.79 Å². The summed E-state index contributed by atoms with van der Waals surface area (Å²) >= 11 is 0. The Hall–Kier alpha value is -1.69. The van der Waals surface area contributed by atoms with Crippen LogP contribution in [-0.4, -0.2) is 25.6 Å². The van der Waals surface area contributed by atoms with Crippen molar-refractivity contribution in [2.45, 2.75) is 20.0 Å². The third-order valence-corrected chi connectivity index (χ3v) is 3.13. The molecule has 1 fully saturated rings. The number of carbonyl (C=O) groups is 1. The van der Waals surface area contributed by atoms with Gasteiger partial charge in [0, 0.05) is 6.54 Å². The number of alkyl halides is 2. The van der Waals surface area contributed by atoms with Crippen molar-refractivity contribution >= 4 is 11.6 Å². The number of hydrogen-bond donors (Lipinski definition) is 2. The molecule has 0 spiro atoms. The van der Waals surface area contributed by atoms with Crippen molar-refractivity contribution in [2.75, 3.05) is 18.4 Å². The maximum absolute atomic E-state index is 12.3. The van der Waals surface area contributed by atoms with Gasteiger partial charge >= 0.3 is 6.61 Å². The Bertz CT molecular complexity index is 460. The molecule has 2 rings (SSSR count). The monoisotopic (exact) mass is 270 g/mol. The molecule has 0 radical (unpaired) electrons. The number of nitrogens with one attached hydrogen (secondary N) is 2. The quantitative estimate of drug-likeness (QED) is 0.881. The van der Waals surface area contributed by atoms with Gasteiger partial charge in [0.25, 0.3) is 0 Å². The first kappa shape index (κ1) is 13.7. The molecule has 0 bridgehead atoms. The Balaban J connectivity index is 2.15. The third-order valence-electron chi connectivity index (χ3n) is 3.13. The molecular formula is C13H16F2N2O2. The summed E-state index contributed by atoms with van der Waals surface area (Å²) < 4.78 is 29.1. The predicted octanol–water partition coefficient (Wildman–Crippen LogP) is 2.14. The maximum atomic E-state index is 12.3. The van der Waals surface area contributed by atoms with Gasteiger partial charge in [0.2, 0.25) is 5.91 Å². The second-order valence-electron chi connectivity index (χ2n) is 4.51. The Morgan fingerprint density at radius 1 is 1.53 bits per heavy atom. The van der Waals surface area contributed by atoms with E-state index in [2.05, 4.69) is 15.4 Å². The summed E-state index contributed by atoms with van der Waals surface area (Å²) in [7, 11) is 0. The average molecular weight is 270 g/mol. The predicted molar refractivity (Wildman–Crippen MR) is 67.4 cm³/mol. The Morgan fingerprint density at radius 2 is 2.32 bits per heavy atom. The summed E-state index contributed by atoms with van der Waals surface area (Å²) in [6, 6.07) is 4.77. The van der Waals surface area contributed by atoms with Gasteiger partial charge < -0.3 is 15.4 Å². The van der Waals surface area contributed by atoms with Crippen LogP contribution in [0.5, 0.6) is 5.75 Å². The number of para-hydroxylation sites is 1. The third kappa shape index (κ3) is 3.41. The Morgan fingerprint density at radius 3 is 2.95 bits per heavy atom. The van der Waals surface area contributed by atoms with Gasteiger partial charge in [-0.1, -0.05) is 12.1 Å². The van der Waals surface area contributed by atoms with Gasteiger partial charge in [-0.3, -0.25) is 4.79 Å². The number of aryl methyl sites for hydroxylation is 1. The van der Waals surface area contributed by atoms with E-state index < -0.39 is 6.61 Å². The lowest BCUT2D eigenvalue weighted by Gasteiger charge is -2.16. The topological polar surface area (TPSA) is 50.4 Å². The molecule has 1 aromatic rings. The zero-order chi connectivity index (χ0) is 13.8. The number of ether oxygens (including phenoxy) is 1. The van der Waals surface area contributed by atoms with Crippen molar-refractivity contribution in [2.24, 2.45) is 5.92 Å². The van der Waals surface area contributed by atoms with Crippen molar-refractivity contribution in [1.82, 2.24) is 5.32 Å². The molecule has 1 heterocycles. The van der Waals surface area contributed by atoms with E-state index in [4.69, 9.17) is 0 Å². The maximum Gasteiger partial charge on any atom is 0.387 e. The van der Waals surface area contributed by atoms with Crippen LogP contribution >= 0.6 is 0 Å². The van der Waals surface area contributed by atoms with E-state index in [0.29, 0.717) is 17.8 Å². The molecular weight excluding hydrogens is 254 g/mol. The second-order valence-corrected chi connectivity index (χ2v) is 4.51. The highest BCUT2D eigenvalue weighted by atomic mass is 19.3. The zero-order valence-electron chi connectivity index (χ0n) is 10.6. The summed E-state index contributed by atoms with van der Waals surface area (Å²) in [6.45, 7) is 0.237. The first-order valence-electron chi connectivity index (χ1n) is 6.14. The van der Waals surface area contributed by atoms with E-state index in [-0.39, 0.29) is 17.6 Å². The highest BCUT2D eigenvalue weighted by Crippen LogP contribution is 2.30. The van der Waals surface area contributed by atoms with Gasteiger partial charge in [-0.25, -0.2) is 0 Å². The average Bonchev–Trinajstić information content (AvgIpc) is 2.86. The smallest absolute Gasteiger partial charge is 0.387 e. The van der Waals surface area contributed by atoms with E-state index in [1.54, 1.807) is 19.1 Å². The number of rotatable bonds is 4. The highest BCUT2D eigenvalue weighted by Gasteiger charge is 2.24. The Labute approximate surface area is 110 Å². The lowest BCUT2D eigenvalue weighted by atomic mass is 10.1. The molecule has 2 N–H and O–H groups in total. The molecule has 1 amide bonds. The van der Waals surface area contributed by atoms with Crippen LogP contribution in [0.2, 0.25) is 0 Å². The fraction of sp³-hybridized carbons (Fsp3) is 0.462. The van der Waals surface area contributed by atoms with Crippen LogP contribution in [0, 0.1) is 12.8 Å². The van der Waals surface area contributed by atoms with Gasteiger partial charge in [0.15, 0.2) is 0 Å². The highest BCUT2D eigenvalue weighted by molar-refractivity contribution is 5.95. The molecule has 0 aliphatic carbocycles. The van der Waals surface area contributed by atoms with E-state index in [0.717, 1.165) is 13.0 Å². The minimum atomic E-state index is -2.91. The molecule has 6 heteroatoms. The van der Waals surface area contributed by atoms with Crippen LogP contribution in [0.3, 0.4) is 0 Å². The van der Waals surface area contributed by atoms with Crippen molar-refractivity contribution in [3.63, 3.8) is 0 Å². The number of hydrogen-bond acceptors (Lipinski definition) is 3. The fourth-order valence-electron chi connectivity index (χ4n) is 2.10. The summed E-state index contributed by atoms with van der Waals surface area (Å²) in [5.74, 6) is -0.299. The summed E-state index contributed by atoms with van der Waals surface area (Å²) in [4.78, 5) is 12.0. The van der Waals surface area contributed by atoms with Crippen molar-refractivity contribution in [3.05, 3.63) is 23.8 Å². The number of carbonyl (C=O) groups excluding carboxylic acids is 1. The van der Waals surface area contributed by atoms with Crippen LogP contribution in [0.4, 0.5) is 14.5 Å². The minimum Gasteiger partial charge on any atom is -0.433 e. The molecule has 0 saturated carbocycles. The van der Waals surface area contributed by atoms with E-state index in [9.17, 15) is 13.6 Å². The van der Waals surface area contributed by atoms with Gasteiger partial charge in [0.05, 0.1) is 11.6 Å². The summed E-state index contributed by atoms with van der Waals surface area (Å²) in [5.41, 5.74) is 1.01. The molecule has 1 aliphatic heterocycles. The number of benzene rings is 1. The van der Waals surface area contributed by atoms with Gasteiger partial charge in [-0.15, -0.1) is 0 Å². The second kappa shape index (κ2) is 5.97. The van der Waals surface area contributed by atoms with Crippen LogP contribution in [0.1, 0.15) is 12.0 Å². The van der Waals surface area contributed by atoms with Crippen molar-refractivity contribution in [1.29, 1.82) is 0 Å². The zero-order valence-corrected chi connectivity index (χ0v) is 10.6. The molecule has 1 unspecified atom stereocenters. The van der Waals surface area contributed by atoms with Crippen LogP contribution in [0.15, 0.2) is 18.2 Å². The van der Waals surface area contributed by atoms with E-state index in [1.807, 2.05) is 0 Å². The number of anilines is 1. The Kier molecular flexibility index (Phi) is 4.31. The largest absolute Gasteiger partial charge is 0.433 e. The van der Waals surface area contributed by atoms with Gasteiger partial charge in [0.1, 0.15) is 5.75 Å². The fourth-order valence-corrected chi connectivity index (χ4v) is 2.10. The molecule has 1 saturated heterocycles. The number of amides is 1. The first-order chi connectivity index (χ1) is 9.08. The van der Waals surface area contributed by atoms with Crippen molar-refractivity contribution in [3.8, 4) is 5.75 Å². The first-order valence-corrected chi connectivity index (χ1v) is 6.14. The normalized spacial score (nSPS) is 18.6. The van der Waals surface area contributed by atoms with Crippen LogP contribution in [0.25, 0.3) is 0 Å². The van der Waals surface area contributed by atoms with E-state index >= 15 is 0 Å². The summed E-state index contributed by atoms with van der Waals surface area (Å²) in [6.07, 6.45) is 0.753. The van der Waals surface area contributed by atoms with Gasteiger partial charge in [-0.2, -0.15) is 8.78 Å². The molecule has 1 aliphatic rings. The van der Waals surface area contributed by atoms with Crippen LogP contribution < -0.4 is 15.4 Å². The molecule has 0 aromatic heterocycles.